The number of nitrogens with zero attached hydrogens (tertiary/aromatic N) is 1. The lowest BCUT2D eigenvalue weighted by molar-refractivity contribution is -0.870. The smallest absolute Gasteiger partial charge is 0.306 e. The molecule has 0 aliphatic heterocycles. The summed E-state index contributed by atoms with van der Waals surface area (Å²) < 4.78 is 34.2. The summed E-state index contributed by atoms with van der Waals surface area (Å²) in [6, 6.07) is 0. The third-order valence-corrected chi connectivity index (χ3v) is 15.9. The number of hydrogen-bond acceptors (Lipinski definition) is 8. The highest BCUT2D eigenvalue weighted by molar-refractivity contribution is 7.45. The molecule has 0 saturated carbocycles. The number of hydrogen-bond donors (Lipinski definition) is 0. The fourth-order valence-corrected chi connectivity index (χ4v) is 9.84. The predicted octanol–water partition coefficient (Wildman–Crippen LogP) is 25.7. The second-order valence-electron chi connectivity index (χ2n) is 25.5. The van der Waals surface area contributed by atoms with E-state index in [9.17, 15) is 19.0 Å². The molecule has 0 N–H and O–H groups in total. The standard InChI is InChI=1S/C92H138NO8P/c1-6-8-10-12-14-16-18-20-22-24-26-28-30-32-34-36-38-40-42-44-46-48-50-52-54-56-58-60-62-64-66-68-70-72-74-76-78-80-82-84-91(94)98-88-90(89-100-102(96,97)99-87-86-93(3,4)5)101-92(95)85-83-81-79-77-75-73-71-69-67-65-63-61-59-57-55-53-51-49-47-45-43-41-39-37-35-33-31-29-27-25-23-21-19-17-15-13-11-9-7-2/h8-11,14-17,20-23,26-29,32-35,38-41,44-47,50-53,56-59,62-65,68-71,75,77,90H,6-7,12-13,18-19,24-25,30-31,36-37,42-43,48-49,54-55,60-61,66-67,72-74,76,78-89H2,1-5H3/b10-8-,11-9-,16-14-,17-15-,22-20-,23-21-,28-26-,29-27-,34-32-,35-33-,40-38-,41-39-,46-44-,47-45-,52-50-,53-51-,58-56-,59-57-,64-62-,65-63-,70-68-,71-69-,77-75-. The maximum Gasteiger partial charge on any atom is 0.306 e. The van der Waals surface area contributed by atoms with Crippen LogP contribution in [-0.4, -0.2) is 70.0 Å². The molecule has 0 fully saturated rings. The third-order valence-electron chi connectivity index (χ3n) is 14.9. The largest absolute Gasteiger partial charge is 0.756 e. The number of phosphoric ester groups is 1. The minimum atomic E-state index is -4.69. The van der Waals surface area contributed by atoms with Gasteiger partial charge in [0, 0.05) is 12.8 Å². The molecule has 0 aromatic heterocycles. The van der Waals surface area contributed by atoms with Gasteiger partial charge in [0.25, 0.3) is 7.82 Å². The van der Waals surface area contributed by atoms with E-state index in [1.807, 2.05) is 21.1 Å². The predicted molar refractivity (Wildman–Crippen MR) is 442 cm³/mol. The molecule has 0 saturated heterocycles. The van der Waals surface area contributed by atoms with Gasteiger partial charge in [0.05, 0.1) is 27.7 Å². The lowest BCUT2D eigenvalue weighted by Gasteiger charge is -2.28. The Morgan fingerprint density at radius 1 is 0.304 bits per heavy atom. The summed E-state index contributed by atoms with van der Waals surface area (Å²) in [7, 11) is 1.08. The quantitative estimate of drug-likeness (QED) is 0.0195. The minimum Gasteiger partial charge on any atom is -0.756 e. The van der Waals surface area contributed by atoms with Gasteiger partial charge < -0.3 is 27.9 Å². The average molecular weight is 1420 g/mol. The zero-order valence-corrected chi connectivity index (χ0v) is 65.1. The van der Waals surface area contributed by atoms with E-state index < -0.39 is 32.5 Å². The summed E-state index contributed by atoms with van der Waals surface area (Å²) in [5.41, 5.74) is 0. The molecule has 0 aromatic rings. The van der Waals surface area contributed by atoms with E-state index >= 15 is 0 Å². The highest BCUT2D eigenvalue weighted by Gasteiger charge is 2.22. The number of rotatable bonds is 67. The van der Waals surface area contributed by atoms with Gasteiger partial charge in [-0.25, -0.2) is 0 Å². The molecule has 9 nitrogen and oxygen atoms in total. The molecular formula is C92H138NO8P. The van der Waals surface area contributed by atoms with Crippen LogP contribution in [0.2, 0.25) is 0 Å². The molecule has 0 radical (unpaired) electrons. The molecule has 0 aliphatic rings. The molecule has 0 aromatic carbocycles. The second kappa shape index (κ2) is 78.2. The van der Waals surface area contributed by atoms with Crippen molar-refractivity contribution in [1.29, 1.82) is 0 Å². The Bertz CT molecular complexity index is 2780. The van der Waals surface area contributed by atoms with Crippen LogP contribution in [0.25, 0.3) is 0 Å². The van der Waals surface area contributed by atoms with Crippen molar-refractivity contribution in [3.8, 4) is 0 Å². The Labute approximate surface area is 623 Å². The van der Waals surface area contributed by atoms with Gasteiger partial charge in [-0.3, -0.25) is 14.2 Å². The van der Waals surface area contributed by atoms with E-state index in [2.05, 4.69) is 293 Å². The van der Waals surface area contributed by atoms with E-state index in [4.69, 9.17) is 18.5 Å². The van der Waals surface area contributed by atoms with Gasteiger partial charge >= 0.3 is 11.9 Å². The lowest BCUT2D eigenvalue weighted by Crippen LogP contribution is -2.37. The van der Waals surface area contributed by atoms with Crippen molar-refractivity contribution in [2.45, 2.75) is 238 Å². The Morgan fingerprint density at radius 3 is 0.804 bits per heavy atom. The zero-order valence-electron chi connectivity index (χ0n) is 64.2. The summed E-state index contributed by atoms with van der Waals surface area (Å²) in [6.07, 6.45) is 132. The van der Waals surface area contributed by atoms with Crippen LogP contribution >= 0.6 is 7.82 Å². The summed E-state index contributed by atoms with van der Waals surface area (Å²) in [6.45, 7) is 3.89. The topological polar surface area (TPSA) is 111 Å². The van der Waals surface area contributed by atoms with Crippen LogP contribution in [0.4, 0.5) is 0 Å². The molecular weight excluding hydrogens is 1280 g/mol. The average Bonchev–Trinajstić information content (AvgIpc) is 0.914. The SMILES string of the molecule is CC/C=C\C/C=C\C/C=C\C/C=C\C/C=C\C/C=C\C/C=C\C/C=C\C/C=C\C/C=C\C/C=C\C/C=C\CCCCC(=O)OC(COC(=O)CCCCCCC/C=C\C/C=C\C/C=C\C/C=C\C/C=C\C/C=C\C/C=C\C/C=C\C/C=C\C/C=C\C/C=C\CC)COP(=O)([O-])OCC[N+](C)(C)C. The van der Waals surface area contributed by atoms with E-state index in [1.165, 1.54) is 0 Å². The van der Waals surface area contributed by atoms with Crippen molar-refractivity contribution in [1.82, 2.24) is 0 Å². The van der Waals surface area contributed by atoms with Crippen LogP contribution < -0.4 is 4.89 Å². The van der Waals surface area contributed by atoms with Crippen LogP contribution in [0.3, 0.4) is 0 Å². The molecule has 0 spiro atoms. The maximum atomic E-state index is 12.9. The number of carbonyl (C=O) groups excluding carboxylic acids is 2. The number of carbonyl (C=O) groups is 2. The number of esters is 2. The van der Waals surface area contributed by atoms with E-state index in [0.29, 0.717) is 23.9 Å². The Balaban J connectivity index is 4.26. The van der Waals surface area contributed by atoms with Gasteiger partial charge in [-0.1, -0.05) is 313 Å². The first kappa shape index (κ1) is 95.0. The number of unbranched alkanes of at least 4 members (excludes halogenated alkanes) is 7. The van der Waals surface area contributed by atoms with Crippen molar-refractivity contribution in [3.63, 3.8) is 0 Å². The summed E-state index contributed by atoms with van der Waals surface area (Å²) in [5, 5.41) is 0. The highest BCUT2D eigenvalue weighted by atomic mass is 31.2. The zero-order chi connectivity index (χ0) is 74.0. The number of ether oxygens (including phenoxy) is 2. The first-order valence-corrected chi connectivity index (χ1v) is 40.2. The Kier molecular flexibility index (Phi) is 72.8. The van der Waals surface area contributed by atoms with Crippen LogP contribution in [-0.2, 0) is 32.7 Å². The number of likely N-dealkylation sites (N-methyl/N-ethyl adjacent to an activating group) is 1. The normalized spacial score (nSPS) is 14.6. The second-order valence-corrected chi connectivity index (χ2v) is 27.0. The summed E-state index contributed by atoms with van der Waals surface area (Å²) >= 11 is 0. The van der Waals surface area contributed by atoms with Crippen LogP contribution in [0.15, 0.2) is 279 Å². The molecule has 0 rings (SSSR count). The van der Waals surface area contributed by atoms with Crippen molar-refractivity contribution in [3.05, 3.63) is 279 Å². The molecule has 0 bridgehead atoms. The van der Waals surface area contributed by atoms with E-state index in [1.54, 1.807) is 0 Å². The first-order valence-electron chi connectivity index (χ1n) is 38.7. The van der Waals surface area contributed by atoms with Crippen molar-refractivity contribution >= 4 is 19.8 Å². The number of quaternary nitrogens is 1. The molecule has 102 heavy (non-hydrogen) atoms. The highest BCUT2D eigenvalue weighted by Crippen LogP contribution is 2.38. The fraction of sp³-hybridized carbons (Fsp3) is 0.478. The van der Waals surface area contributed by atoms with Crippen molar-refractivity contribution in [2.24, 2.45) is 0 Å². The number of phosphoric acid groups is 1. The Hall–Kier alpha value is -6.97. The van der Waals surface area contributed by atoms with Crippen molar-refractivity contribution < 1.29 is 42.1 Å². The van der Waals surface area contributed by atoms with Crippen LogP contribution in [0.5, 0.6) is 0 Å². The Morgan fingerprint density at radius 2 is 0.529 bits per heavy atom. The molecule has 2 unspecified atom stereocenters. The molecule has 10 heteroatoms. The molecule has 2 atom stereocenters. The lowest BCUT2D eigenvalue weighted by atomic mass is 10.1. The van der Waals surface area contributed by atoms with E-state index in [0.717, 1.165) is 193 Å². The van der Waals surface area contributed by atoms with Crippen LogP contribution in [0, 0.1) is 0 Å². The molecule has 0 heterocycles. The number of allylic oxidation sites excluding steroid dienone is 46. The van der Waals surface area contributed by atoms with Crippen LogP contribution in [0.1, 0.15) is 232 Å². The summed E-state index contributed by atoms with van der Waals surface area (Å²) in [5.74, 6) is -0.932. The van der Waals surface area contributed by atoms with Gasteiger partial charge in [-0.15, -0.1) is 0 Å². The molecule has 0 aliphatic carbocycles. The van der Waals surface area contributed by atoms with E-state index in [-0.39, 0.29) is 26.1 Å². The van der Waals surface area contributed by atoms with Gasteiger partial charge in [0.15, 0.2) is 6.10 Å². The fourth-order valence-electron chi connectivity index (χ4n) is 9.11. The first-order chi connectivity index (χ1) is 50.0. The monoisotopic (exact) mass is 1420 g/mol. The van der Waals surface area contributed by atoms with Gasteiger partial charge in [0.1, 0.15) is 19.8 Å². The molecule has 564 valence electrons. The minimum absolute atomic E-state index is 0.0592. The van der Waals surface area contributed by atoms with Gasteiger partial charge in [-0.2, -0.15) is 0 Å². The third kappa shape index (κ3) is 82.0. The maximum absolute atomic E-state index is 12.9. The summed E-state index contributed by atoms with van der Waals surface area (Å²) in [4.78, 5) is 38.1. The van der Waals surface area contributed by atoms with Gasteiger partial charge in [-0.05, 0) is 186 Å². The van der Waals surface area contributed by atoms with Crippen molar-refractivity contribution in [2.75, 3.05) is 47.5 Å². The molecule has 0 amide bonds. The van der Waals surface area contributed by atoms with Gasteiger partial charge in [0.2, 0.25) is 0 Å².